The predicted molar refractivity (Wildman–Crippen MR) is 98.8 cm³/mol. The zero-order chi connectivity index (χ0) is 17.6. The fraction of sp³-hybridized carbons (Fsp3) is 0.294. The summed E-state index contributed by atoms with van der Waals surface area (Å²) in [7, 11) is 0. The molecule has 2 heterocycles. The first-order valence-corrected chi connectivity index (χ1v) is 12.3. The Hall–Kier alpha value is -1.66. The van der Waals surface area contributed by atoms with Crippen LogP contribution in [-0.2, 0) is 16.6 Å². The van der Waals surface area contributed by atoms with Crippen molar-refractivity contribution in [2.45, 2.75) is 26.2 Å². The van der Waals surface area contributed by atoms with Crippen LogP contribution in [0.5, 0.6) is 0 Å². The number of aromatic nitrogens is 2. The maximum absolute atomic E-state index is 11.3. The molecule has 130 valence electrons. The SMILES string of the molecule is CC1CCc2c(sc3ncnc(Nc4ccc([As](=O)(O)O)cc4)c23)C1. The van der Waals surface area contributed by atoms with Gasteiger partial charge >= 0.3 is 152 Å². The third-order valence-corrected chi connectivity index (χ3v) is 7.76. The molecule has 1 aromatic carbocycles. The van der Waals surface area contributed by atoms with Crippen molar-refractivity contribution in [3.05, 3.63) is 41.0 Å². The molecule has 1 unspecified atom stereocenters. The van der Waals surface area contributed by atoms with Crippen LogP contribution >= 0.6 is 11.3 Å². The summed E-state index contributed by atoms with van der Waals surface area (Å²) in [6, 6.07) is 6.27. The van der Waals surface area contributed by atoms with Crippen molar-refractivity contribution in [2.75, 3.05) is 5.32 Å². The van der Waals surface area contributed by atoms with Gasteiger partial charge in [-0.3, -0.25) is 0 Å². The third kappa shape index (κ3) is 3.25. The van der Waals surface area contributed by atoms with Crippen molar-refractivity contribution < 1.29 is 11.9 Å². The van der Waals surface area contributed by atoms with Gasteiger partial charge in [0.25, 0.3) is 0 Å². The van der Waals surface area contributed by atoms with Crippen molar-refractivity contribution in [3.63, 3.8) is 0 Å². The average molecular weight is 419 g/mol. The van der Waals surface area contributed by atoms with Crippen molar-refractivity contribution >= 4 is 51.6 Å². The van der Waals surface area contributed by atoms with Gasteiger partial charge in [-0.15, -0.1) is 0 Å². The van der Waals surface area contributed by atoms with Crippen LogP contribution in [0.1, 0.15) is 23.8 Å². The van der Waals surface area contributed by atoms with E-state index in [1.54, 1.807) is 29.8 Å². The molecular weight excluding hydrogens is 401 g/mol. The molecule has 0 aliphatic heterocycles. The van der Waals surface area contributed by atoms with E-state index in [4.69, 9.17) is 0 Å². The summed E-state index contributed by atoms with van der Waals surface area (Å²) in [6.45, 7) is 2.28. The molecule has 25 heavy (non-hydrogen) atoms. The van der Waals surface area contributed by atoms with Crippen LogP contribution in [-0.4, -0.2) is 32.3 Å². The number of benzene rings is 1. The molecule has 1 atom stereocenters. The van der Waals surface area contributed by atoms with E-state index in [9.17, 15) is 11.9 Å². The van der Waals surface area contributed by atoms with Gasteiger partial charge in [0.05, 0.1) is 0 Å². The van der Waals surface area contributed by atoms with E-state index in [0.29, 0.717) is 5.92 Å². The Bertz CT molecular complexity index is 981. The van der Waals surface area contributed by atoms with Gasteiger partial charge in [-0.25, -0.2) is 0 Å². The van der Waals surface area contributed by atoms with Gasteiger partial charge in [0.1, 0.15) is 0 Å². The molecule has 6 nitrogen and oxygen atoms in total. The number of fused-ring (bicyclic) bond motifs is 3. The van der Waals surface area contributed by atoms with Crippen LogP contribution in [0.15, 0.2) is 30.6 Å². The first-order valence-electron chi connectivity index (χ1n) is 8.10. The zero-order valence-corrected chi connectivity index (χ0v) is 16.3. The second-order valence-corrected chi connectivity index (χ2v) is 10.9. The minimum atomic E-state index is -4.85. The molecule has 0 saturated heterocycles. The zero-order valence-electron chi connectivity index (χ0n) is 13.6. The number of rotatable bonds is 3. The summed E-state index contributed by atoms with van der Waals surface area (Å²) in [6.07, 6.45) is 4.86. The topological polar surface area (TPSA) is 95.3 Å². The Morgan fingerprint density at radius 3 is 2.72 bits per heavy atom. The van der Waals surface area contributed by atoms with E-state index in [1.165, 1.54) is 29.0 Å². The van der Waals surface area contributed by atoms with Crippen molar-refractivity contribution in [1.29, 1.82) is 0 Å². The monoisotopic (exact) mass is 419 g/mol. The normalized spacial score (nSPS) is 17.5. The molecular formula is C17H18AsN3O3S. The van der Waals surface area contributed by atoms with Crippen LogP contribution in [0.25, 0.3) is 10.2 Å². The maximum atomic E-state index is 11.3. The van der Waals surface area contributed by atoms with E-state index in [1.807, 2.05) is 0 Å². The van der Waals surface area contributed by atoms with Gasteiger partial charge in [-0.1, -0.05) is 0 Å². The molecule has 8 heteroatoms. The molecule has 1 aliphatic rings. The minimum absolute atomic E-state index is 0.0680. The van der Waals surface area contributed by atoms with Gasteiger partial charge < -0.3 is 0 Å². The van der Waals surface area contributed by atoms with E-state index in [-0.39, 0.29) is 4.35 Å². The van der Waals surface area contributed by atoms with Crippen molar-refractivity contribution in [2.24, 2.45) is 5.92 Å². The fourth-order valence-electron chi connectivity index (χ4n) is 3.25. The molecule has 1 aliphatic carbocycles. The van der Waals surface area contributed by atoms with E-state index in [0.717, 1.165) is 34.6 Å². The summed E-state index contributed by atoms with van der Waals surface area (Å²) in [5.41, 5.74) is 2.09. The second kappa shape index (κ2) is 6.25. The van der Waals surface area contributed by atoms with Crippen molar-refractivity contribution in [3.8, 4) is 0 Å². The first-order chi connectivity index (χ1) is 11.9. The number of nitrogens with one attached hydrogen (secondary N) is 1. The van der Waals surface area contributed by atoms with Crippen LogP contribution in [0.4, 0.5) is 11.5 Å². The summed E-state index contributed by atoms with van der Waals surface area (Å²) in [5.74, 6) is 1.46. The molecule has 3 aromatic rings. The Balaban J connectivity index is 1.71. The quantitative estimate of drug-likeness (QED) is 0.563. The van der Waals surface area contributed by atoms with Crippen LogP contribution in [0, 0.1) is 5.92 Å². The van der Waals surface area contributed by atoms with Gasteiger partial charge in [0.15, 0.2) is 0 Å². The summed E-state index contributed by atoms with van der Waals surface area (Å²) >= 11 is -3.11. The summed E-state index contributed by atoms with van der Waals surface area (Å²) < 4.78 is 30.0. The summed E-state index contributed by atoms with van der Waals surface area (Å²) in [5, 5.41) is 4.36. The number of aryl methyl sites for hydroxylation is 1. The number of anilines is 2. The number of hydrogen-bond donors (Lipinski definition) is 3. The van der Waals surface area contributed by atoms with Crippen LogP contribution in [0.2, 0.25) is 0 Å². The third-order valence-electron chi connectivity index (χ3n) is 4.56. The number of thiophene rings is 1. The van der Waals surface area contributed by atoms with Crippen LogP contribution in [0.3, 0.4) is 0 Å². The molecule has 0 saturated carbocycles. The average Bonchev–Trinajstić information content (AvgIpc) is 2.93. The Labute approximate surface area is 152 Å². The molecule has 0 amide bonds. The molecule has 3 N–H and O–H groups in total. The van der Waals surface area contributed by atoms with Gasteiger partial charge in [0.2, 0.25) is 0 Å². The number of nitrogens with zero attached hydrogens (tertiary/aromatic N) is 2. The molecule has 0 radical (unpaired) electrons. The van der Waals surface area contributed by atoms with Crippen LogP contribution < -0.4 is 9.67 Å². The molecule has 4 rings (SSSR count). The molecule has 0 bridgehead atoms. The molecule has 0 spiro atoms. The second-order valence-electron chi connectivity index (χ2n) is 6.47. The Kier molecular flexibility index (Phi) is 4.20. The van der Waals surface area contributed by atoms with E-state index >= 15 is 0 Å². The first kappa shape index (κ1) is 16.8. The fourth-order valence-corrected chi connectivity index (χ4v) is 5.72. The van der Waals surface area contributed by atoms with Gasteiger partial charge in [-0.2, -0.15) is 0 Å². The van der Waals surface area contributed by atoms with Gasteiger partial charge in [-0.05, 0) is 0 Å². The molecule has 2 aromatic heterocycles. The Morgan fingerprint density at radius 1 is 1.24 bits per heavy atom. The standard InChI is InChI=1S/C17H18AsN3O3S/c1-10-2-7-13-14(8-10)25-17-15(13)16(19-9-20-17)21-12-5-3-11(4-6-12)18(22,23)24/h3-6,9-10H,2,7-8H2,1H3,(H,19,20,21)(H2,22,23,24). The Morgan fingerprint density at radius 2 is 2.00 bits per heavy atom. The van der Waals surface area contributed by atoms with E-state index < -0.39 is 14.2 Å². The van der Waals surface area contributed by atoms with E-state index in [2.05, 4.69) is 22.2 Å². The number of hydrogen-bond acceptors (Lipinski definition) is 5. The van der Waals surface area contributed by atoms with Gasteiger partial charge in [0, 0.05) is 0 Å². The summed E-state index contributed by atoms with van der Waals surface area (Å²) in [4.78, 5) is 11.2. The van der Waals surface area contributed by atoms with Crippen molar-refractivity contribution in [1.82, 2.24) is 9.97 Å². The predicted octanol–water partition coefficient (Wildman–Crippen LogP) is 2.12. The molecule has 0 fully saturated rings.